The lowest BCUT2D eigenvalue weighted by Crippen LogP contribution is -2.26. The number of benzene rings is 9. The van der Waals surface area contributed by atoms with Crippen molar-refractivity contribution >= 4 is 59.7 Å². The minimum Gasteiger partial charge on any atom is -0.454 e. The van der Waals surface area contributed by atoms with Crippen molar-refractivity contribution in [3.8, 4) is 44.5 Å². The van der Waals surface area contributed by atoms with Crippen LogP contribution in [0.25, 0.3) is 75.8 Å². The lowest BCUT2D eigenvalue weighted by Gasteiger charge is -2.32. The van der Waals surface area contributed by atoms with Crippen LogP contribution in [0.3, 0.4) is 0 Å². The number of furan rings is 1. The van der Waals surface area contributed by atoms with E-state index < -0.39 is 5.41 Å². The van der Waals surface area contributed by atoms with Gasteiger partial charge in [-0.05, 0) is 115 Å². The molecule has 9 aromatic carbocycles. The highest BCUT2D eigenvalue weighted by Crippen LogP contribution is 2.65. The Balaban J connectivity index is 1.01. The van der Waals surface area contributed by atoms with Gasteiger partial charge in [0, 0.05) is 43.9 Å². The van der Waals surface area contributed by atoms with Crippen LogP contribution >= 0.6 is 11.3 Å². The highest BCUT2D eigenvalue weighted by atomic mass is 32.1. The fourth-order valence-electron chi connectivity index (χ4n) is 11.8. The van der Waals surface area contributed by atoms with Gasteiger partial charge < -0.3 is 9.32 Å². The molecule has 14 rings (SSSR count). The van der Waals surface area contributed by atoms with Crippen LogP contribution in [0.15, 0.2) is 205 Å². The minimum atomic E-state index is -0.445. The third-order valence-corrected chi connectivity index (χ3v) is 15.7. The Bertz CT molecular complexity index is 3690. The second-order valence-electron chi connectivity index (χ2n) is 17.9. The van der Waals surface area contributed by atoms with Gasteiger partial charge in [0.2, 0.25) is 0 Å². The molecule has 0 fully saturated rings. The van der Waals surface area contributed by atoms with E-state index in [0.717, 1.165) is 39.0 Å². The smallest absolute Gasteiger partial charge is 0.154 e. The second kappa shape index (κ2) is 12.6. The van der Waals surface area contributed by atoms with Crippen molar-refractivity contribution in [2.75, 3.05) is 4.90 Å². The van der Waals surface area contributed by atoms with E-state index in [9.17, 15) is 0 Å². The zero-order chi connectivity index (χ0) is 41.6. The number of thiophene rings is 1. The van der Waals surface area contributed by atoms with E-state index in [0.29, 0.717) is 0 Å². The first-order valence-electron chi connectivity index (χ1n) is 21.9. The molecule has 0 bridgehead atoms. The van der Waals surface area contributed by atoms with Crippen LogP contribution in [-0.4, -0.2) is 0 Å². The van der Waals surface area contributed by atoms with Gasteiger partial charge in [-0.25, -0.2) is 0 Å². The fourth-order valence-corrected chi connectivity index (χ4v) is 13.0. The highest BCUT2D eigenvalue weighted by Gasteiger charge is 2.52. The van der Waals surface area contributed by atoms with Crippen LogP contribution in [0.4, 0.5) is 17.1 Å². The SMILES string of the molecule is CC1(C)c2ccccc2-c2ccc(N(c3ccc4c(c3)oc3c5ccc(-c6ccccc6)cc5sc43)c3cccc4c3-c3ccccc3C43c4ccccc4-c4ccccc43)cc21. The van der Waals surface area contributed by atoms with Crippen molar-refractivity contribution < 1.29 is 4.42 Å². The van der Waals surface area contributed by atoms with E-state index in [1.54, 1.807) is 0 Å². The Labute approximate surface area is 370 Å². The molecule has 63 heavy (non-hydrogen) atoms. The van der Waals surface area contributed by atoms with Gasteiger partial charge in [0.1, 0.15) is 5.58 Å². The van der Waals surface area contributed by atoms with E-state index in [1.807, 2.05) is 11.3 Å². The summed E-state index contributed by atoms with van der Waals surface area (Å²) in [5.74, 6) is 0. The minimum absolute atomic E-state index is 0.156. The lowest BCUT2D eigenvalue weighted by atomic mass is 9.70. The molecule has 3 aliphatic rings. The summed E-state index contributed by atoms with van der Waals surface area (Å²) in [6, 6.07) is 74.5. The summed E-state index contributed by atoms with van der Waals surface area (Å²) in [6.07, 6.45) is 0. The third-order valence-electron chi connectivity index (χ3n) is 14.5. The third kappa shape index (κ3) is 4.57. The van der Waals surface area contributed by atoms with Crippen LogP contribution in [0.5, 0.6) is 0 Å². The van der Waals surface area contributed by atoms with Crippen LogP contribution in [0.2, 0.25) is 0 Å². The Morgan fingerprint density at radius 1 is 0.429 bits per heavy atom. The highest BCUT2D eigenvalue weighted by molar-refractivity contribution is 7.26. The molecule has 0 N–H and O–H groups in total. The maximum absolute atomic E-state index is 6.95. The van der Waals surface area contributed by atoms with Gasteiger partial charge in [-0.15, -0.1) is 11.3 Å². The summed E-state index contributed by atoms with van der Waals surface area (Å²) in [5.41, 5.74) is 22.9. The molecule has 1 spiro atoms. The first-order valence-corrected chi connectivity index (χ1v) is 22.7. The molecule has 3 heteroatoms. The Kier molecular flexibility index (Phi) is 7.01. The molecule has 2 aromatic heterocycles. The summed E-state index contributed by atoms with van der Waals surface area (Å²) < 4.78 is 9.38. The first-order chi connectivity index (χ1) is 31.0. The van der Waals surface area contributed by atoms with Gasteiger partial charge in [-0.1, -0.05) is 166 Å². The molecule has 3 aliphatic carbocycles. The second-order valence-corrected chi connectivity index (χ2v) is 19.0. The molecule has 0 atom stereocenters. The van der Waals surface area contributed by atoms with E-state index in [-0.39, 0.29) is 5.41 Å². The molecular weight excluding hydrogens is 783 g/mol. The van der Waals surface area contributed by atoms with E-state index in [4.69, 9.17) is 4.42 Å². The molecule has 2 nitrogen and oxygen atoms in total. The molecule has 0 unspecified atom stereocenters. The first kappa shape index (κ1) is 35.2. The Morgan fingerprint density at radius 3 is 1.75 bits per heavy atom. The average Bonchev–Trinajstić information content (AvgIpc) is 4.10. The quantitative estimate of drug-likeness (QED) is 0.176. The van der Waals surface area contributed by atoms with Crippen molar-refractivity contribution in [3.05, 3.63) is 234 Å². The molecule has 0 amide bonds. The van der Waals surface area contributed by atoms with Gasteiger partial charge in [0.05, 0.1) is 15.8 Å². The van der Waals surface area contributed by atoms with Crippen LogP contribution in [0.1, 0.15) is 47.2 Å². The van der Waals surface area contributed by atoms with Crippen molar-refractivity contribution in [2.24, 2.45) is 0 Å². The van der Waals surface area contributed by atoms with Gasteiger partial charge in [0.15, 0.2) is 5.58 Å². The van der Waals surface area contributed by atoms with Gasteiger partial charge in [-0.2, -0.15) is 0 Å². The predicted molar refractivity (Wildman–Crippen MR) is 263 cm³/mol. The van der Waals surface area contributed by atoms with Crippen LogP contribution in [-0.2, 0) is 10.8 Å². The van der Waals surface area contributed by atoms with Crippen LogP contribution < -0.4 is 4.90 Å². The van der Waals surface area contributed by atoms with Crippen LogP contribution in [0, 0.1) is 0 Å². The summed E-state index contributed by atoms with van der Waals surface area (Å²) in [5, 5.41) is 2.30. The monoisotopic (exact) mass is 821 g/mol. The summed E-state index contributed by atoms with van der Waals surface area (Å²) in [7, 11) is 0. The van der Waals surface area contributed by atoms with Crippen molar-refractivity contribution in [2.45, 2.75) is 24.7 Å². The molecule has 0 saturated carbocycles. The Morgan fingerprint density at radius 2 is 1.00 bits per heavy atom. The maximum Gasteiger partial charge on any atom is 0.154 e. The number of anilines is 3. The number of hydrogen-bond acceptors (Lipinski definition) is 3. The van der Waals surface area contributed by atoms with E-state index >= 15 is 0 Å². The Hall–Kier alpha value is -7.46. The zero-order valence-corrected chi connectivity index (χ0v) is 35.6. The molecule has 0 saturated heterocycles. The molecule has 2 heterocycles. The normalized spacial score (nSPS) is 14.4. The molecule has 296 valence electrons. The van der Waals surface area contributed by atoms with E-state index in [2.05, 4.69) is 219 Å². The topological polar surface area (TPSA) is 16.4 Å². The predicted octanol–water partition coefficient (Wildman–Crippen LogP) is 16.6. The standard InChI is InChI=1S/C60H39NOS/c1-59(2)47-21-10-6-17-40(47)43-31-28-38(34-52(43)59)61(39-29-32-45-54(35-39)62-57-46-30-27-37(33-55(46)63-58(45)57)36-15-4-3-5-16-36)53-26-14-25-51-56(53)44-20-9-13-24-50(44)60(51)48-22-11-7-18-41(48)42-19-8-12-23-49(42)60/h3-35H,1-2H3. The number of nitrogens with zero attached hydrogens (tertiary/aromatic N) is 1. The average molecular weight is 822 g/mol. The summed E-state index contributed by atoms with van der Waals surface area (Å²) >= 11 is 1.82. The largest absolute Gasteiger partial charge is 0.454 e. The summed E-state index contributed by atoms with van der Waals surface area (Å²) in [4.78, 5) is 2.50. The number of hydrogen-bond donors (Lipinski definition) is 0. The maximum atomic E-state index is 6.95. The molecular formula is C60H39NOS. The summed E-state index contributed by atoms with van der Waals surface area (Å²) in [6.45, 7) is 4.74. The number of rotatable bonds is 4. The van der Waals surface area contributed by atoms with Crippen molar-refractivity contribution in [1.82, 2.24) is 0 Å². The van der Waals surface area contributed by atoms with E-state index in [1.165, 1.54) is 87.3 Å². The van der Waals surface area contributed by atoms with Gasteiger partial charge in [-0.3, -0.25) is 0 Å². The molecule has 0 radical (unpaired) electrons. The van der Waals surface area contributed by atoms with Crippen molar-refractivity contribution in [1.29, 1.82) is 0 Å². The van der Waals surface area contributed by atoms with Gasteiger partial charge >= 0.3 is 0 Å². The molecule has 0 aliphatic heterocycles. The molecule has 11 aromatic rings. The number of fused-ring (bicyclic) bond motifs is 18. The lowest BCUT2D eigenvalue weighted by molar-refractivity contribution is 0.660. The fraction of sp³-hybridized carbons (Fsp3) is 0.0667. The zero-order valence-electron chi connectivity index (χ0n) is 34.8. The van der Waals surface area contributed by atoms with Gasteiger partial charge in [0.25, 0.3) is 0 Å². The van der Waals surface area contributed by atoms with Crippen molar-refractivity contribution in [3.63, 3.8) is 0 Å².